The Morgan fingerprint density at radius 2 is 1.96 bits per heavy atom. The van der Waals surface area contributed by atoms with Gasteiger partial charge >= 0.3 is 5.51 Å². The molecule has 1 heterocycles. The quantitative estimate of drug-likeness (QED) is 0.767. The fourth-order valence-corrected chi connectivity index (χ4v) is 2.65. The summed E-state index contributed by atoms with van der Waals surface area (Å²) in [6.07, 6.45) is 1.59. The molecule has 0 aliphatic carbocycles. The molecule has 0 aliphatic heterocycles. The Balaban J connectivity index is 1.99. The van der Waals surface area contributed by atoms with Crippen LogP contribution in [0.25, 0.3) is 0 Å². The maximum atomic E-state index is 12.5. The summed E-state index contributed by atoms with van der Waals surface area (Å²) < 4.78 is 37.5. The third-order valence-corrected chi connectivity index (χ3v) is 3.89. The number of pyridine rings is 1. The van der Waals surface area contributed by atoms with Gasteiger partial charge in [0.25, 0.3) is 5.91 Å². The van der Waals surface area contributed by atoms with E-state index >= 15 is 0 Å². The summed E-state index contributed by atoms with van der Waals surface area (Å²) in [7, 11) is 0. The third kappa shape index (κ3) is 5.79. The molecule has 2 rings (SSSR count). The van der Waals surface area contributed by atoms with Crippen molar-refractivity contribution in [2.24, 2.45) is 5.73 Å². The van der Waals surface area contributed by atoms with Gasteiger partial charge in [0.05, 0.1) is 5.56 Å². The van der Waals surface area contributed by atoms with Gasteiger partial charge in [-0.3, -0.25) is 9.59 Å². The fourth-order valence-electron chi connectivity index (χ4n) is 2.05. The van der Waals surface area contributed by atoms with Gasteiger partial charge in [0.2, 0.25) is 5.91 Å². The van der Waals surface area contributed by atoms with Gasteiger partial charge in [0.15, 0.2) is 0 Å². The molecule has 2 aromatic rings. The number of aromatic nitrogens is 1. The van der Waals surface area contributed by atoms with Crippen molar-refractivity contribution in [1.29, 1.82) is 0 Å². The van der Waals surface area contributed by atoms with Crippen molar-refractivity contribution in [2.75, 3.05) is 6.54 Å². The van der Waals surface area contributed by atoms with Crippen molar-refractivity contribution < 1.29 is 22.8 Å². The number of carbonyl (C=O) groups is 2. The Labute approximate surface area is 145 Å². The first kappa shape index (κ1) is 18.8. The van der Waals surface area contributed by atoms with Crippen LogP contribution in [-0.2, 0) is 6.42 Å². The van der Waals surface area contributed by atoms with Crippen LogP contribution >= 0.6 is 11.8 Å². The van der Waals surface area contributed by atoms with Gasteiger partial charge in [0.1, 0.15) is 5.03 Å². The predicted molar refractivity (Wildman–Crippen MR) is 87.1 cm³/mol. The zero-order chi connectivity index (χ0) is 18.4. The van der Waals surface area contributed by atoms with Crippen LogP contribution in [0.15, 0.2) is 47.6 Å². The topological polar surface area (TPSA) is 85.1 Å². The van der Waals surface area contributed by atoms with Crippen LogP contribution in [0, 0.1) is 0 Å². The molecule has 0 atom stereocenters. The number of nitrogens with zero attached hydrogens (tertiary/aromatic N) is 1. The van der Waals surface area contributed by atoms with Crippen molar-refractivity contribution in [1.82, 2.24) is 10.3 Å². The number of primary amides is 1. The molecule has 132 valence electrons. The van der Waals surface area contributed by atoms with Crippen LogP contribution in [0.3, 0.4) is 0 Å². The molecule has 0 unspecified atom stereocenters. The molecule has 9 heteroatoms. The highest BCUT2D eigenvalue weighted by Crippen LogP contribution is 2.37. The standard InChI is InChI=1S/C16H14F3N3O2S/c17-16(18,19)25-15-12(5-2-7-22-15)14(24)21-8-6-10-3-1-4-11(9-10)13(20)23/h1-5,7,9H,6,8H2,(H2,20,23)(H,21,24). The van der Waals surface area contributed by atoms with Crippen molar-refractivity contribution in [2.45, 2.75) is 17.0 Å². The number of amides is 2. The minimum absolute atomic E-state index is 0.143. The van der Waals surface area contributed by atoms with Crippen molar-refractivity contribution in [3.63, 3.8) is 0 Å². The Kier molecular flexibility index (Phi) is 6.02. The molecular formula is C16H14F3N3O2S. The first-order valence-corrected chi connectivity index (χ1v) is 7.95. The molecule has 0 aliphatic rings. The summed E-state index contributed by atoms with van der Waals surface area (Å²) in [5, 5.41) is 2.15. The maximum Gasteiger partial charge on any atom is 0.447 e. The molecular weight excluding hydrogens is 355 g/mol. The molecule has 0 radical (unpaired) electrons. The molecule has 0 saturated heterocycles. The van der Waals surface area contributed by atoms with Crippen molar-refractivity contribution in [3.8, 4) is 0 Å². The molecule has 25 heavy (non-hydrogen) atoms. The number of thioether (sulfide) groups is 1. The molecule has 5 nitrogen and oxygen atoms in total. The number of hydrogen-bond acceptors (Lipinski definition) is 4. The van der Waals surface area contributed by atoms with Crippen LogP contribution < -0.4 is 11.1 Å². The predicted octanol–water partition coefficient (Wildman–Crippen LogP) is 2.76. The van der Waals surface area contributed by atoms with Gasteiger partial charge in [0, 0.05) is 30.1 Å². The molecule has 0 saturated carbocycles. The molecule has 2 amide bonds. The summed E-state index contributed by atoms with van der Waals surface area (Å²) in [6, 6.07) is 9.27. The smallest absolute Gasteiger partial charge is 0.366 e. The number of hydrogen-bond donors (Lipinski definition) is 2. The van der Waals surface area contributed by atoms with Crippen LogP contribution in [-0.4, -0.2) is 28.9 Å². The fraction of sp³-hybridized carbons (Fsp3) is 0.188. The van der Waals surface area contributed by atoms with Gasteiger partial charge in [-0.1, -0.05) is 12.1 Å². The monoisotopic (exact) mass is 369 g/mol. The van der Waals surface area contributed by atoms with Gasteiger partial charge in [-0.15, -0.1) is 0 Å². The average molecular weight is 369 g/mol. The second-order valence-electron chi connectivity index (χ2n) is 4.97. The van der Waals surface area contributed by atoms with E-state index < -0.39 is 34.1 Å². The van der Waals surface area contributed by atoms with E-state index in [0.29, 0.717) is 12.0 Å². The summed E-state index contributed by atoms with van der Waals surface area (Å²) in [4.78, 5) is 26.8. The zero-order valence-corrected chi connectivity index (χ0v) is 13.7. The normalized spacial score (nSPS) is 11.2. The molecule has 1 aromatic heterocycles. The highest BCUT2D eigenvalue weighted by Gasteiger charge is 2.32. The number of nitrogens with one attached hydrogen (secondary N) is 1. The summed E-state index contributed by atoms with van der Waals surface area (Å²) in [5.74, 6) is -1.21. The Hall–Kier alpha value is -2.55. The molecule has 3 N–H and O–H groups in total. The van der Waals surface area contributed by atoms with Crippen LogP contribution in [0.4, 0.5) is 13.2 Å². The Morgan fingerprint density at radius 3 is 2.64 bits per heavy atom. The lowest BCUT2D eigenvalue weighted by molar-refractivity contribution is -0.0329. The number of alkyl halides is 3. The van der Waals surface area contributed by atoms with E-state index in [1.807, 2.05) is 0 Å². The zero-order valence-electron chi connectivity index (χ0n) is 12.8. The first-order chi connectivity index (χ1) is 11.8. The molecule has 0 fully saturated rings. The van der Waals surface area contributed by atoms with E-state index in [1.165, 1.54) is 18.3 Å². The minimum Gasteiger partial charge on any atom is -0.366 e. The van der Waals surface area contributed by atoms with Gasteiger partial charge < -0.3 is 11.1 Å². The van der Waals surface area contributed by atoms with Gasteiger partial charge in [-0.05, 0) is 36.2 Å². The second kappa shape index (κ2) is 8.02. The Bertz CT molecular complexity index is 781. The average Bonchev–Trinajstić information content (AvgIpc) is 2.54. The van der Waals surface area contributed by atoms with E-state index in [2.05, 4.69) is 10.3 Å². The van der Waals surface area contributed by atoms with Crippen molar-refractivity contribution >= 4 is 23.6 Å². The summed E-state index contributed by atoms with van der Waals surface area (Å²) >= 11 is -0.433. The second-order valence-corrected chi connectivity index (χ2v) is 6.03. The van der Waals surface area contributed by atoms with E-state index in [0.717, 1.165) is 5.56 Å². The highest BCUT2D eigenvalue weighted by atomic mass is 32.2. The number of rotatable bonds is 6. The lowest BCUT2D eigenvalue weighted by Gasteiger charge is -2.10. The van der Waals surface area contributed by atoms with E-state index in [1.54, 1.807) is 24.3 Å². The summed E-state index contributed by atoms with van der Waals surface area (Å²) in [6.45, 7) is 0.187. The summed E-state index contributed by atoms with van der Waals surface area (Å²) in [5.41, 5.74) is 1.64. The van der Waals surface area contributed by atoms with Crippen LogP contribution in [0.1, 0.15) is 26.3 Å². The number of benzene rings is 1. The third-order valence-electron chi connectivity index (χ3n) is 3.14. The largest absolute Gasteiger partial charge is 0.447 e. The van der Waals surface area contributed by atoms with Crippen molar-refractivity contribution in [3.05, 3.63) is 59.3 Å². The molecule has 1 aromatic carbocycles. The van der Waals surface area contributed by atoms with Gasteiger partial charge in [-0.2, -0.15) is 13.2 Å². The first-order valence-electron chi connectivity index (χ1n) is 7.14. The SMILES string of the molecule is NC(=O)c1cccc(CCNC(=O)c2cccnc2SC(F)(F)F)c1. The highest BCUT2D eigenvalue weighted by molar-refractivity contribution is 8.00. The van der Waals surface area contributed by atoms with E-state index in [9.17, 15) is 22.8 Å². The maximum absolute atomic E-state index is 12.5. The van der Waals surface area contributed by atoms with Gasteiger partial charge in [-0.25, -0.2) is 4.98 Å². The van der Waals surface area contributed by atoms with E-state index in [-0.39, 0.29) is 12.1 Å². The lowest BCUT2D eigenvalue weighted by atomic mass is 10.1. The lowest BCUT2D eigenvalue weighted by Crippen LogP contribution is -2.26. The Morgan fingerprint density at radius 1 is 1.20 bits per heavy atom. The minimum atomic E-state index is -4.53. The van der Waals surface area contributed by atoms with E-state index in [4.69, 9.17) is 5.73 Å². The molecule has 0 bridgehead atoms. The molecule has 0 spiro atoms. The number of halogens is 3. The van der Waals surface area contributed by atoms with Crippen LogP contribution in [0.5, 0.6) is 0 Å². The number of nitrogens with two attached hydrogens (primary N) is 1. The van der Waals surface area contributed by atoms with Crippen LogP contribution in [0.2, 0.25) is 0 Å². The number of carbonyl (C=O) groups excluding carboxylic acids is 2.